The predicted octanol–water partition coefficient (Wildman–Crippen LogP) is 0.711. The molecule has 1 aliphatic carbocycles. The van der Waals surface area contributed by atoms with Crippen molar-refractivity contribution in [2.45, 2.75) is 50.2 Å². The Morgan fingerprint density at radius 2 is 1.57 bits per heavy atom. The largest absolute Gasteiger partial charge is 0.471 e. The predicted molar refractivity (Wildman–Crippen MR) is 66.2 cm³/mol. The van der Waals surface area contributed by atoms with Gasteiger partial charge in [0, 0.05) is 33.1 Å². The summed E-state index contributed by atoms with van der Waals surface area (Å²) in [5, 5.41) is 4.22. The second-order valence-corrected chi connectivity index (χ2v) is 5.47. The van der Waals surface area contributed by atoms with Crippen molar-refractivity contribution >= 4 is 11.8 Å². The molecule has 0 bridgehead atoms. The van der Waals surface area contributed by atoms with Crippen molar-refractivity contribution in [1.29, 1.82) is 0 Å². The Labute approximate surface area is 120 Å². The van der Waals surface area contributed by atoms with Gasteiger partial charge in [0.2, 0.25) is 5.91 Å². The topological polar surface area (TPSA) is 76.7 Å². The summed E-state index contributed by atoms with van der Waals surface area (Å²) < 4.78 is 46.9. The van der Waals surface area contributed by atoms with Gasteiger partial charge in [0.1, 0.15) is 5.54 Å². The lowest BCUT2D eigenvalue weighted by atomic mass is 9.84. The highest BCUT2D eigenvalue weighted by Crippen LogP contribution is 2.36. The van der Waals surface area contributed by atoms with Gasteiger partial charge in [-0.1, -0.05) is 0 Å². The minimum absolute atomic E-state index is 0.278. The minimum Gasteiger partial charge on any atom is -0.353 e. The van der Waals surface area contributed by atoms with Crippen LogP contribution in [0.4, 0.5) is 13.2 Å². The fourth-order valence-corrected chi connectivity index (χ4v) is 1.99. The van der Waals surface area contributed by atoms with E-state index in [9.17, 15) is 22.8 Å². The van der Waals surface area contributed by atoms with Crippen LogP contribution in [0.25, 0.3) is 0 Å². The van der Waals surface area contributed by atoms with Crippen molar-refractivity contribution in [2.24, 2.45) is 0 Å². The molecule has 0 radical (unpaired) electrons. The summed E-state index contributed by atoms with van der Waals surface area (Å²) in [6.07, 6.45) is -4.26. The van der Waals surface area contributed by atoms with E-state index in [1.807, 2.05) is 0 Å². The zero-order chi connectivity index (χ0) is 16.5. The molecule has 2 N–H and O–H groups in total. The van der Waals surface area contributed by atoms with Gasteiger partial charge in [0.25, 0.3) is 0 Å². The first-order valence-corrected chi connectivity index (χ1v) is 6.26. The molecule has 0 aromatic heterocycles. The van der Waals surface area contributed by atoms with Crippen molar-refractivity contribution in [2.75, 3.05) is 14.2 Å². The molecule has 1 rings (SSSR count). The van der Waals surface area contributed by atoms with Crippen LogP contribution in [0.2, 0.25) is 0 Å². The molecule has 1 saturated carbocycles. The van der Waals surface area contributed by atoms with E-state index in [0.29, 0.717) is 12.8 Å². The van der Waals surface area contributed by atoms with Gasteiger partial charge in [0.05, 0.1) is 0 Å². The Balaban J connectivity index is 2.54. The van der Waals surface area contributed by atoms with E-state index >= 15 is 0 Å². The van der Waals surface area contributed by atoms with Crippen LogP contribution < -0.4 is 10.6 Å². The molecular formula is C12H19F3N2O4. The third-order valence-electron chi connectivity index (χ3n) is 3.45. The number of nitrogens with one attached hydrogen (secondary N) is 2. The number of carbonyl (C=O) groups excluding carboxylic acids is 2. The van der Waals surface area contributed by atoms with E-state index in [1.54, 1.807) is 5.32 Å². The molecule has 0 aliphatic heterocycles. The van der Waals surface area contributed by atoms with E-state index in [1.165, 1.54) is 28.1 Å². The molecule has 0 atom stereocenters. The number of methoxy groups -OCH3 is 2. The summed E-state index contributed by atoms with van der Waals surface area (Å²) in [5.41, 5.74) is -1.68. The number of rotatable bonds is 5. The van der Waals surface area contributed by atoms with Gasteiger partial charge in [-0.25, -0.2) is 0 Å². The highest BCUT2D eigenvalue weighted by atomic mass is 19.4. The summed E-state index contributed by atoms with van der Waals surface area (Å²) in [4.78, 5) is 22.8. The lowest BCUT2D eigenvalue weighted by Gasteiger charge is -2.45. The van der Waals surface area contributed by atoms with Gasteiger partial charge in [-0.05, 0) is 13.8 Å². The molecule has 0 saturated heterocycles. The first-order chi connectivity index (χ1) is 9.46. The summed E-state index contributed by atoms with van der Waals surface area (Å²) >= 11 is 0. The van der Waals surface area contributed by atoms with Crippen LogP contribution in [0.15, 0.2) is 0 Å². The van der Waals surface area contributed by atoms with Crippen molar-refractivity contribution in [3.05, 3.63) is 0 Å². The van der Waals surface area contributed by atoms with E-state index < -0.39 is 29.3 Å². The van der Waals surface area contributed by atoms with E-state index in [4.69, 9.17) is 9.47 Å². The molecule has 0 spiro atoms. The molecule has 0 aromatic carbocycles. The summed E-state index contributed by atoms with van der Waals surface area (Å²) in [6, 6.07) is -0.278. The maximum absolute atomic E-state index is 12.2. The van der Waals surface area contributed by atoms with Crippen molar-refractivity contribution in [3.63, 3.8) is 0 Å². The second kappa shape index (κ2) is 5.80. The Hall–Kier alpha value is -1.35. The molecule has 21 heavy (non-hydrogen) atoms. The zero-order valence-electron chi connectivity index (χ0n) is 12.3. The SMILES string of the molecule is COC1(OC)CC(NC(=O)C(C)(C)NC(=O)C(F)(F)F)C1. The molecule has 9 heteroatoms. The molecule has 1 aliphatic rings. The molecule has 0 unspecified atom stereocenters. The third-order valence-corrected chi connectivity index (χ3v) is 3.45. The molecule has 2 amide bonds. The summed E-state index contributed by atoms with van der Waals surface area (Å²) in [7, 11) is 2.93. The van der Waals surface area contributed by atoms with Gasteiger partial charge < -0.3 is 20.1 Å². The van der Waals surface area contributed by atoms with Crippen LogP contribution in [-0.4, -0.2) is 49.6 Å². The molecule has 6 nitrogen and oxygen atoms in total. The summed E-state index contributed by atoms with van der Waals surface area (Å²) in [5.74, 6) is -3.62. The van der Waals surface area contributed by atoms with Crippen molar-refractivity contribution < 1.29 is 32.2 Å². The van der Waals surface area contributed by atoms with Crippen LogP contribution in [0.5, 0.6) is 0 Å². The van der Waals surface area contributed by atoms with E-state index in [-0.39, 0.29) is 6.04 Å². The minimum atomic E-state index is -5.03. The lowest BCUT2D eigenvalue weighted by Crippen LogP contribution is -2.63. The van der Waals surface area contributed by atoms with Gasteiger partial charge in [-0.2, -0.15) is 13.2 Å². The number of carbonyl (C=O) groups is 2. The van der Waals surface area contributed by atoms with Crippen LogP contribution in [0.1, 0.15) is 26.7 Å². The van der Waals surface area contributed by atoms with Crippen LogP contribution in [0.3, 0.4) is 0 Å². The Morgan fingerprint density at radius 3 is 1.95 bits per heavy atom. The molecule has 122 valence electrons. The standard InChI is InChI=1S/C12H19F3N2O4/c1-10(2,17-9(19)12(13,14)15)8(18)16-7-5-11(6-7,20-3)21-4/h7H,5-6H2,1-4H3,(H,16,18)(H,17,19). The van der Waals surface area contributed by atoms with Gasteiger partial charge in [-0.3, -0.25) is 9.59 Å². The molecule has 1 fully saturated rings. The quantitative estimate of drug-likeness (QED) is 0.733. The third kappa shape index (κ3) is 4.07. The normalized spacial score (nSPS) is 18.8. The highest BCUT2D eigenvalue weighted by Gasteiger charge is 2.48. The maximum Gasteiger partial charge on any atom is 0.471 e. The van der Waals surface area contributed by atoms with Gasteiger partial charge in [0.15, 0.2) is 5.79 Å². The molecule has 0 aromatic rings. The number of amides is 2. The van der Waals surface area contributed by atoms with E-state index in [0.717, 1.165) is 0 Å². The van der Waals surface area contributed by atoms with Crippen molar-refractivity contribution in [1.82, 2.24) is 10.6 Å². The zero-order valence-corrected chi connectivity index (χ0v) is 12.3. The summed E-state index contributed by atoms with van der Waals surface area (Å²) in [6.45, 7) is 2.40. The van der Waals surface area contributed by atoms with E-state index in [2.05, 4.69) is 5.32 Å². The number of ether oxygens (including phenoxy) is 2. The first kappa shape index (κ1) is 17.7. The fraction of sp³-hybridized carbons (Fsp3) is 0.833. The monoisotopic (exact) mass is 312 g/mol. The fourth-order valence-electron chi connectivity index (χ4n) is 1.99. The van der Waals surface area contributed by atoms with Crippen LogP contribution in [-0.2, 0) is 19.1 Å². The van der Waals surface area contributed by atoms with Crippen LogP contribution in [0, 0.1) is 0 Å². The Morgan fingerprint density at radius 1 is 1.10 bits per heavy atom. The van der Waals surface area contributed by atoms with Gasteiger partial charge in [-0.15, -0.1) is 0 Å². The second-order valence-electron chi connectivity index (χ2n) is 5.47. The smallest absolute Gasteiger partial charge is 0.353 e. The van der Waals surface area contributed by atoms with Crippen molar-refractivity contribution in [3.8, 4) is 0 Å². The lowest BCUT2D eigenvalue weighted by molar-refractivity contribution is -0.259. The number of alkyl halides is 3. The maximum atomic E-state index is 12.2. The Bertz CT molecular complexity index is 411. The molecular weight excluding hydrogens is 293 g/mol. The Kier molecular flexibility index (Phi) is 4.89. The highest BCUT2D eigenvalue weighted by molar-refractivity contribution is 5.92. The average molecular weight is 312 g/mol. The number of hydrogen-bond acceptors (Lipinski definition) is 4. The van der Waals surface area contributed by atoms with Crippen LogP contribution >= 0.6 is 0 Å². The number of halogens is 3. The first-order valence-electron chi connectivity index (χ1n) is 6.26. The average Bonchev–Trinajstić information content (AvgIpc) is 2.31. The molecule has 0 heterocycles. The number of hydrogen-bond donors (Lipinski definition) is 2. The van der Waals surface area contributed by atoms with Gasteiger partial charge >= 0.3 is 12.1 Å².